The van der Waals surface area contributed by atoms with Crippen molar-refractivity contribution in [2.24, 2.45) is 5.73 Å². The molecule has 0 saturated carbocycles. The molecule has 0 aromatic heterocycles. The molecule has 110 valence electrons. The second-order valence-corrected chi connectivity index (χ2v) is 7.80. The van der Waals surface area contributed by atoms with Crippen LogP contribution in [0.15, 0.2) is 53.4 Å². The Morgan fingerprint density at radius 2 is 1.95 bits per heavy atom. The average Bonchev–Trinajstić information content (AvgIpc) is 2.44. The highest BCUT2D eigenvalue weighted by Gasteiger charge is 2.27. The van der Waals surface area contributed by atoms with Crippen LogP contribution in [-0.4, -0.2) is 14.7 Å². The van der Waals surface area contributed by atoms with E-state index in [4.69, 9.17) is 5.73 Å². The molecule has 1 aliphatic rings. The van der Waals surface area contributed by atoms with E-state index < -0.39 is 9.84 Å². The first-order valence-electron chi connectivity index (χ1n) is 7.08. The zero-order chi connectivity index (χ0) is 15.0. The summed E-state index contributed by atoms with van der Waals surface area (Å²) in [6, 6.07) is 15.3. The molecule has 2 N–H and O–H groups in total. The largest absolute Gasteiger partial charge is 0.324 e. The van der Waals surface area contributed by atoms with Crippen LogP contribution >= 0.6 is 0 Å². The van der Waals surface area contributed by atoms with E-state index in [0.717, 1.165) is 18.4 Å². The Labute approximate surface area is 125 Å². The van der Waals surface area contributed by atoms with Crippen molar-refractivity contribution >= 4 is 9.84 Å². The minimum Gasteiger partial charge on any atom is -0.324 e. The second kappa shape index (κ2) is 5.28. The first-order valence-corrected chi connectivity index (χ1v) is 8.97. The average molecular weight is 301 g/mol. The van der Waals surface area contributed by atoms with Gasteiger partial charge < -0.3 is 5.73 Å². The van der Waals surface area contributed by atoms with Crippen molar-refractivity contribution in [1.29, 1.82) is 0 Å². The second-order valence-electron chi connectivity index (χ2n) is 5.79. The fraction of sp³-hybridized carbons (Fsp3) is 0.294. The standard InChI is InChI=1S/C17H19NO2S/c1-21(19,20)15-7-4-6-13(10-15)17(18)11-14-9-12-5-2-3-8-16(12)14/h2-8,10,14,17H,9,11,18H2,1H3. The Bertz CT molecular complexity index is 768. The van der Waals surface area contributed by atoms with Gasteiger partial charge in [0, 0.05) is 12.3 Å². The number of benzene rings is 2. The van der Waals surface area contributed by atoms with Crippen LogP contribution in [0.5, 0.6) is 0 Å². The molecule has 2 unspecified atom stereocenters. The van der Waals surface area contributed by atoms with Gasteiger partial charge in [-0.15, -0.1) is 0 Å². The lowest BCUT2D eigenvalue weighted by molar-refractivity contribution is 0.498. The van der Waals surface area contributed by atoms with Crippen molar-refractivity contribution in [3.05, 3.63) is 65.2 Å². The van der Waals surface area contributed by atoms with Gasteiger partial charge in [-0.05, 0) is 47.6 Å². The smallest absolute Gasteiger partial charge is 0.175 e. The molecule has 0 radical (unpaired) electrons. The molecule has 1 aliphatic carbocycles. The van der Waals surface area contributed by atoms with Crippen LogP contribution in [-0.2, 0) is 16.3 Å². The lowest BCUT2D eigenvalue weighted by Crippen LogP contribution is -2.22. The van der Waals surface area contributed by atoms with Crippen LogP contribution in [0.1, 0.15) is 35.1 Å². The summed E-state index contributed by atoms with van der Waals surface area (Å²) < 4.78 is 23.2. The summed E-state index contributed by atoms with van der Waals surface area (Å²) in [7, 11) is -3.18. The number of sulfone groups is 1. The van der Waals surface area contributed by atoms with Crippen LogP contribution in [0.3, 0.4) is 0 Å². The zero-order valence-corrected chi connectivity index (χ0v) is 12.8. The van der Waals surface area contributed by atoms with E-state index in [-0.39, 0.29) is 6.04 Å². The molecule has 2 aromatic rings. The van der Waals surface area contributed by atoms with Gasteiger partial charge in [-0.1, -0.05) is 36.4 Å². The third kappa shape index (κ3) is 2.87. The monoisotopic (exact) mass is 301 g/mol. The summed E-state index contributed by atoms with van der Waals surface area (Å²) in [6.45, 7) is 0. The van der Waals surface area contributed by atoms with Gasteiger partial charge in [0.1, 0.15) is 0 Å². The molecule has 4 heteroatoms. The van der Waals surface area contributed by atoms with Gasteiger partial charge >= 0.3 is 0 Å². The summed E-state index contributed by atoms with van der Waals surface area (Å²) in [5.41, 5.74) is 9.95. The van der Waals surface area contributed by atoms with Crippen LogP contribution in [0, 0.1) is 0 Å². The lowest BCUT2D eigenvalue weighted by Gasteiger charge is -2.32. The number of nitrogens with two attached hydrogens (primary N) is 1. The van der Waals surface area contributed by atoms with Gasteiger partial charge in [-0.25, -0.2) is 8.42 Å². The van der Waals surface area contributed by atoms with Gasteiger partial charge in [-0.2, -0.15) is 0 Å². The minimum atomic E-state index is -3.18. The molecule has 0 aliphatic heterocycles. The molecule has 0 fully saturated rings. The molecule has 3 rings (SSSR count). The predicted octanol–water partition coefficient (Wildman–Crippen LogP) is 2.82. The molecular formula is C17H19NO2S. The Hall–Kier alpha value is -1.65. The maximum absolute atomic E-state index is 11.6. The van der Waals surface area contributed by atoms with Crippen LogP contribution in [0.4, 0.5) is 0 Å². The van der Waals surface area contributed by atoms with E-state index in [0.29, 0.717) is 10.8 Å². The normalized spacial score (nSPS) is 18.7. The molecule has 21 heavy (non-hydrogen) atoms. The summed E-state index contributed by atoms with van der Waals surface area (Å²) in [5.74, 6) is 0.484. The van der Waals surface area contributed by atoms with E-state index in [1.165, 1.54) is 17.4 Å². The number of hydrogen-bond donors (Lipinski definition) is 1. The van der Waals surface area contributed by atoms with Gasteiger partial charge in [-0.3, -0.25) is 0 Å². The maximum Gasteiger partial charge on any atom is 0.175 e. The van der Waals surface area contributed by atoms with E-state index >= 15 is 0 Å². The van der Waals surface area contributed by atoms with Crippen molar-refractivity contribution in [1.82, 2.24) is 0 Å². The molecule has 2 aromatic carbocycles. The fourth-order valence-electron chi connectivity index (χ4n) is 2.99. The van der Waals surface area contributed by atoms with Crippen LogP contribution < -0.4 is 5.73 Å². The number of rotatable bonds is 4. The highest BCUT2D eigenvalue weighted by molar-refractivity contribution is 7.90. The highest BCUT2D eigenvalue weighted by atomic mass is 32.2. The maximum atomic E-state index is 11.6. The Balaban J connectivity index is 1.77. The predicted molar refractivity (Wildman–Crippen MR) is 84.0 cm³/mol. The Morgan fingerprint density at radius 3 is 2.67 bits per heavy atom. The van der Waals surface area contributed by atoms with Gasteiger partial charge in [0.15, 0.2) is 9.84 Å². The van der Waals surface area contributed by atoms with E-state index in [2.05, 4.69) is 24.3 Å². The summed E-state index contributed by atoms with van der Waals surface area (Å²) in [6.07, 6.45) is 3.14. The van der Waals surface area contributed by atoms with Crippen LogP contribution in [0.2, 0.25) is 0 Å². The minimum absolute atomic E-state index is 0.134. The van der Waals surface area contributed by atoms with E-state index in [1.54, 1.807) is 18.2 Å². The molecule has 0 heterocycles. The molecule has 0 bridgehead atoms. The Morgan fingerprint density at radius 1 is 1.19 bits per heavy atom. The first-order chi connectivity index (χ1) is 9.95. The van der Waals surface area contributed by atoms with Gasteiger partial charge in [0.05, 0.1) is 4.90 Å². The van der Waals surface area contributed by atoms with Crippen molar-refractivity contribution in [3.8, 4) is 0 Å². The van der Waals surface area contributed by atoms with Crippen molar-refractivity contribution in [2.75, 3.05) is 6.26 Å². The summed E-state index contributed by atoms with van der Waals surface area (Å²) in [4.78, 5) is 0.337. The third-order valence-electron chi connectivity index (χ3n) is 4.21. The van der Waals surface area contributed by atoms with Crippen molar-refractivity contribution < 1.29 is 8.42 Å². The fourth-order valence-corrected chi connectivity index (χ4v) is 3.67. The summed E-state index contributed by atoms with van der Waals surface area (Å²) in [5, 5.41) is 0. The van der Waals surface area contributed by atoms with Crippen molar-refractivity contribution in [2.45, 2.75) is 29.7 Å². The van der Waals surface area contributed by atoms with Gasteiger partial charge in [0.25, 0.3) is 0 Å². The molecule has 0 spiro atoms. The molecule has 0 saturated heterocycles. The quantitative estimate of drug-likeness (QED) is 0.944. The van der Waals surface area contributed by atoms with Crippen molar-refractivity contribution in [3.63, 3.8) is 0 Å². The third-order valence-corrected chi connectivity index (χ3v) is 5.32. The molecular weight excluding hydrogens is 282 g/mol. The molecule has 0 amide bonds. The SMILES string of the molecule is CS(=O)(=O)c1cccc(C(N)CC2Cc3ccccc32)c1. The molecule has 2 atom stereocenters. The van der Waals surface area contributed by atoms with Gasteiger partial charge in [0.2, 0.25) is 0 Å². The lowest BCUT2D eigenvalue weighted by atomic mass is 9.74. The highest BCUT2D eigenvalue weighted by Crippen LogP contribution is 2.40. The zero-order valence-electron chi connectivity index (χ0n) is 12.0. The number of hydrogen-bond acceptors (Lipinski definition) is 3. The Kier molecular flexibility index (Phi) is 3.59. The topological polar surface area (TPSA) is 60.2 Å². The number of fused-ring (bicyclic) bond motifs is 1. The first kappa shape index (κ1) is 14.3. The van der Waals surface area contributed by atoms with Crippen LogP contribution in [0.25, 0.3) is 0 Å². The van der Waals surface area contributed by atoms with E-state index in [1.807, 2.05) is 6.07 Å². The summed E-state index contributed by atoms with van der Waals surface area (Å²) >= 11 is 0. The van der Waals surface area contributed by atoms with E-state index in [9.17, 15) is 8.42 Å². The molecule has 3 nitrogen and oxygen atoms in total.